The molecule has 1 aromatic heterocycles. The third kappa shape index (κ3) is 2.29. The molecular weight excluding hydrogens is 262 g/mol. The molecule has 2 nitrogen and oxygen atoms in total. The van der Waals surface area contributed by atoms with Gasteiger partial charge in [0.2, 0.25) is 0 Å². The van der Waals surface area contributed by atoms with E-state index in [1.807, 2.05) is 24.3 Å². The minimum absolute atomic E-state index is 0.216. The lowest BCUT2D eigenvalue weighted by molar-refractivity contribution is 0.445. The summed E-state index contributed by atoms with van der Waals surface area (Å²) in [6, 6.07) is 16.4. The van der Waals surface area contributed by atoms with Gasteiger partial charge in [-0.3, -0.25) is 0 Å². The van der Waals surface area contributed by atoms with Crippen LogP contribution in [0.2, 0.25) is 0 Å². The molecule has 0 aliphatic heterocycles. The lowest BCUT2D eigenvalue weighted by Crippen LogP contribution is -2.20. The van der Waals surface area contributed by atoms with E-state index in [0.29, 0.717) is 0 Å². The Kier molecular flexibility index (Phi) is 3.22. The Bertz CT molecular complexity index is 731. The van der Waals surface area contributed by atoms with Crippen molar-refractivity contribution >= 4 is 21.3 Å². The quantitative estimate of drug-likeness (QED) is 0.668. The molecule has 2 aromatic carbocycles. The van der Waals surface area contributed by atoms with Crippen LogP contribution in [0.15, 0.2) is 52.9 Å². The Morgan fingerprint density at radius 2 is 1.85 bits per heavy atom. The number of hydrogen-bond donors (Lipinski definition) is 0. The van der Waals surface area contributed by atoms with Crippen molar-refractivity contribution in [1.29, 1.82) is 0 Å². The number of rotatable bonds is 3. The summed E-state index contributed by atoms with van der Waals surface area (Å²) in [5.41, 5.74) is 4.08. The summed E-state index contributed by atoms with van der Waals surface area (Å²) < 4.78 is 5.85. The van der Waals surface area contributed by atoms with Gasteiger partial charge < -0.3 is 4.42 Å². The number of aromatic nitrogens is 1. The number of hydrogen-bond acceptors (Lipinski definition) is 2. The summed E-state index contributed by atoms with van der Waals surface area (Å²) >= 11 is 0. The van der Waals surface area contributed by atoms with Crippen LogP contribution in [-0.2, 0) is 5.04 Å². The second-order valence-corrected chi connectivity index (χ2v) is 6.36. The maximum atomic E-state index is 5.85. The highest BCUT2D eigenvalue weighted by atomic mass is 28.1. The first-order valence-electron chi connectivity index (χ1n) is 6.81. The van der Waals surface area contributed by atoms with Crippen LogP contribution in [0.5, 0.6) is 0 Å². The van der Waals surface area contributed by atoms with E-state index < -0.39 is 0 Å². The molecule has 20 heavy (non-hydrogen) atoms. The van der Waals surface area contributed by atoms with Gasteiger partial charge in [-0.15, -0.1) is 0 Å². The SMILES string of the molecule is CCC(C)([Si])c1nc2cc(-c3ccccc3)ccc2o1. The van der Waals surface area contributed by atoms with Crippen molar-refractivity contribution in [2.45, 2.75) is 25.3 Å². The standard InChI is InChI=1S/C17H16NOSi/c1-3-17(2,20)16-18-14-11-13(9-10-15(14)19-16)12-7-5-4-6-8-12/h4-11H,3H2,1-2H3. The normalized spacial score (nSPS) is 14.3. The van der Waals surface area contributed by atoms with Crippen LogP contribution in [0.1, 0.15) is 26.2 Å². The summed E-state index contributed by atoms with van der Waals surface area (Å²) in [5, 5.41) is -0.216. The minimum atomic E-state index is -0.216. The third-order valence-electron chi connectivity index (χ3n) is 3.67. The zero-order valence-corrected chi connectivity index (χ0v) is 12.7. The second kappa shape index (κ2) is 4.91. The van der Waals surface area contributed by atoms with E-state index in [9.17, 15) is 0 Å². The van der Waals surface area contributed by atoms with E-state index in [4.69, 9.17) is 4.42 Å². The van der Waals surface area contributed by atoms with E-state index in [2.05, 4.69) is 53.3 Å². The van der Waals surface area contributed by atoms with Crippen molar-refractivity contribution in [3.63, 3.8) is 0 Å². The highest BCUT2D eigenvalue weighted by molar-refractivity contribution is 6.15. The van der Waals surface area contributed by atoms with Crippen LogP contribution in [-0.4, -0.2) is 15.2 Å². The largest absolute Gasteiger partial charge is 0.440 e. The molecule has 0 spiro atoms. The van der Waals surface area contributed by atoms with Crippen LogP contribution < -0.4 is 0 Å². The van der Waals surface area contributed by atoms with E-state index in [0.717, 1.165) is 29.0 Å². The van der Waals surface area contributed by atoms with Gasteiger partial charge in [-0.1, -0.05) is 50.2 Å². The molecule has 0 N–H and O–H groups in total. The molecule has 3 rings (SSSR count). The molecule has 0 saturated heterocycles. The van der Waals surface area contributed by atoms with E-state index in [-0.39, 0.29) is 5.04 Å². The molecule has 0 fully saturated rings. The summed E-state index contributed by atoms with van der Waals surface area (Å²) in [6.07, 6.45) is 0.919. The summed E-state index contributed by atoms with van der Waals surface area (Å²) in [4.78, 5) is 4.63. The first-order chi connectivity index (χ1) is 9.60. The smallest absolute Gasteiger partial charge is 0.197 e. The zero-order valence-electron chi connectivity index (χ0n) is 11.7. The molecule has 0 aliphatic rings. The van der Waals surface area contributed by atoms with Crippen molar-refractivity contribution in [3.05, 3.63) is 54.4 Å². The topological polar surface area (TPSA) is 26.0 Å². The number of benzene rings is 2. The first kappa shape index (κ1) is 13.1. The maximum absolute atomic E-state index is 5.85. The monoisotopic (exact) mass is 278 g/mol. The molecule has 1 heterocycles. The molecule has 1 atom stereocenters. The zero-order chi connectivity index (χ0) is 14.2. The fourth-order valence-electron chi connectivity index (χ4n) is 2.12. The molecule has 0 bridgehead atoms. The maximum Gasteiger partial charge on any atom is 0.197 e. The Balaban J connectivity index is 2.08. The fourth-order valence-corrected chi connectivity index (χ4v) is 2.23. The predicted molar refractivity (Wildman–Crippen MR) is 82.8 cm³/mol. The van der Waals surface area contributed by atoms with Crippen LogP contribution in [0.4, 0.5) is 0 Å². The van der Waals surface area contributed by atoms with E-state index >= 15 is 0 Å². The van der Waals surface area contributed by atoms with Gasteiger partial charge in [-0.25, -0.2) is 4.98 Å². The van der Waals surface area contributed by atoms with Crippen LogP contribution in [0.3, 0.4) is 0 Å². The Morgan fingerprint density at radius 3 is 2.55 bits per heavy atom. The van der Waals surface area contributed by atoms with Gasteiger partial charge in [0, 0.05) is 15.3 Å². The van der Waals surface area contributed by atoms with Gasteiger partial charge in [0.1, 0.15) is 5.52 Å². The lowest BCUT2D eigenvalue weighted by atomic mass is 10.1. The fraction of sp³-hybridized carbons (Fsp3) is 0.235. The van der Waals surface area contributed by atoms with Gasteiger partial charge >= 0.3 is 0 Å². The Hall–Kier alpha value is -1.87. The van der Waals surface area contributed by atoms with E-state index in [1.165, 1.54) is 5.56 Å². The van der Waals surface area contributed by atoms with Crippen molar-refractivity contribution in [1.82, 2.24) is 4.98 Å². The number of fused-ring (bicyclic) bond motifs is 1. The highest BCUT2D eigenvalue weighted by Gasteiger charge is 2.24. The lowest BCUT2D eigenvalue weighted by Gasteiger charge is -2.16. The Labute approximate surface area is 122 Å². The Morgan fingerprint density at radius 1 is 1.10 bits per heavy atom. The summed E-state index contributed by atoms with van der Waals surface area (Å²) in [7, 11) is 3.73. The van der Waals surface area contributed by atoms with Crippen molar-refractivity contribution in [2.75, 3.05) is 0 Å². The van der Waals surface area contributed by atoms with Crippen LogP contribution >= 0.6 is 0 Å². The van der Waals surface area contributed by atoms with Crippen molar-refractivity contribution in [3.8, 4) is 11.1 Å². The molecule has 3 aromatic rings. The molecular formula is C17H16NOSi. The first-order valence-corrected chi connectivity index (χ1v) is 7.31. The minimum Gasteiger partial charge on any atom is -0.440 e. The molecule has 99 valence electrons. The number of oxazole rings is 1. The highest BCUT2D eigenvalue weighted by Crippen LogP contribution is 2.29. The summed E-state index contributed by atoms with van der Waals surface area (Å²) in [5.74, 6) is 0.733. The van der Waals surface area contributed by atoms with Crippen molar-refractivity contribution < 1.29 is 4.42 Å². The van der Waals surface area contributed by atoms with Crippen LogP contribution in [0, 0.1) is 0 Å². The second-order valence-electron chi connectivity index (χ2n) is 5.25. The number of nitrogens with zero attached hydrogens (tertiary/aromatic N) is 1. The van der Waals surface area contributed by atoms with Crippen LogP contribution in [0.25, 0.3) is 22.2 Å². The molecule has 0 amide bonds. The van der Waals surface area contributed by atoms with Gasteiger partial charge in [0.25, 0.3) is 0 Å². The molecule has 3 radical (unpaired) electrons. The third-order valence-corrected chi connectivity index (χ3v) is 4.24. The van der Waals surface area contributed by atoms with Gasteiger partial charge in [0.05, 0.1) is 0 Å². The molecule has 0 saturated carbocycles. The van der Waals surface area contributed by atoms with Gasteiger partial charge in [0.15, 0.2) is 11.5 Å². The average molecular weight is 278 g/mol. The van der Waals surface area contributed by atoms with E-state index in [1.54, 1.807) is 0 Å². The van der Waals surface area contributed by atoms with Gasteiger partial charge in [-0.2, -0.15) is 0 Å². The van der Waals surface area contributed by atoms with Gasteiger partial charge in [-0.05, 0) is 29.7 Å². The summed E-state index contributed by atoms with van der Waals surface area (Å²) in [6.45, 7) is 4.18. The van der Waals surface area contributed by atoms with Crippen molar-refractivity contribution in [2.24, 2.45) is 0 Å². The molecule has 0 aliphatic carbocycles. The average Bonchev–Trinajstić information content (AvgIpc) is 2.92. The molecule has 1 unspecified atom stereocenters. The predicted octanol–water partition coefficient (Wildman–Crippen LogP) is 4.29. The molecule has 3 heteroatoms.